The maximum Gasteiger partial charge on any atom is 0.250 e. The Labute approximate surface area is 149 Å². The molecule has 1 heterocycles. The fourth-order valence-electron chi connectivity index (χ4n) is 2.20. The molecule has 1 aromatic carbocycles. The predicted octanol–water partition coefficient (Wildman–Crippen LogP) is 2.92. The summed E-state index contributed by atoms with van der Waals surface area (Å²) in [5.41, 5.74) is -0.0995. The molecule has 0 saturated carbocycles. The number of halogens is 2. The molecule has 2 aromatic rings. The minimum absolute atomic E-state index is 0.0802. The van der Waals surface area contributed by atoms with Crippen molar-refractivity contribution in [1.82, 2.24) is 4.72 Å². The van der Waals surface area contributed by atoms with Gasteiger partial charge in [0.25, 0.3) is 0 Å². The smallest absolute Gasteiger partial charge is 0.250 e. The lowest BCUT2D eigenvalue weighted by Gasteiger charge is -2.21. The average Bonchev–Trinajstić information content (AvgIpc) is 3.02. The molecular formula is C16H18F2N2O3S2. The Kier molecular flexibility index (Phi) is 6.26. The van der Waals surface area contributed by atoms with E-state index < -0.39 is 27.6 Å². The van der Waals surface area contributed by atoms with Crippen molar-refractivity contribution in [1.29, 1.82) is 0 Å². The van der Waals surface area contributed by atoms with E-state index >= 15 is 0 Å². The molecular weight excluding hydrogens is 370 g/mol. The Balaban J connectivity index is 2.08. The van der Waals surface area contributed by atoms with E-state index in [1.165, 1.54) is 24.3 Å². The van der Waals surface area contributed by atoms with E-state index in [9.17, 15) is 22.0 Å². The zero-order valence-electron chi connectivity index (χ0n) is 13.8. The second-order valence-electron chi connectivity index (χ2n) is 5.24. The van der Waals surface area contributed by atoms with Gasteiger partial charge in [0.2, 0.25) is 15.9 Å². The molecule has 0 atom stereocenters. The van der Waals surface area contributed by atoms with Crippen LogP contribution in [0.3, 0.4) is 0 Å². The maximum absolute atomic E-state index is 13.9. The number of carbonyl (C=O) groups excluding carboxylic acids is 1. The molecule has 25 heavy (non-hydrogen) atoms. The molecule has 1 aromatic heterocycles. The lowest BCUT2D eigenvalue weighted by atomic mass is 10.2. The molecule has 0 saturated heterocycles. The van der Waals surface area contributed by atoms with Crippen LogP contribution in [0.4, 0.5) is 14.5 Å². The number of aryl methyl sites for hydroxylation is 1. The van der Waals surface area contributed by atoms with Crippen LogP contribution < -0.4 is 9.62 Å². The van der Waals surface area contributed by atoms with Crippen LogP contribution in [-0.4, -0.2) is 27.4 Å². The van der Waals surface area contributed by atoms with Crippen molar-refractivity contribution in [2.24, 2.45) is 0 Å². The molecule has 136 valence electrons. The summed E-state index contributed by atoms with van der Waals surface area (Å²) in [6.45, 7) is 2.98. The summed E-state index contributed by atoms with van der Waals surface area (Å²) in [4.78, 5) is 13.7. The van der Waals surface area contributed by atoms with Gasteiger partial charge in [-0.3, -0.25) is 4.79 Å². The molecule has 0 unspecified atom stereocenters. The molecule has 0 fully saturated rings. The van der Waals surface area contributed by atoms with E-state index in [2.05, 4.69) is 4.72 Å². The van der Waals surface area contributed by atoms with E-state index in [0.29, 0.717) is 6.07 Å². The van der Waals surface area contributed by atoms with Crippen LogP contribution in [0.5, 0.6) is 0 Å². The summed E-state index contributed by atoms with van der Waals surface area (Å²) in [5, 5.41) is 0. The Morgan fingerprint density at radius 1 is 1.24 bits per heavy atom. The van der Waals surface area contributed by atoms with Crippen LogP contribution in [0.15, 0.2) is 34.5 Å². The minimum atomic E-state index is -3.69. The number of hydrogen-bond acceptors (Lipinski definition) is 4. The third-order valence-corrected chi connectivity index (χ3v) is 6.64. The van der Waals surface area contributed by atoms with Gasteiger partial charge in [-0.15, -0.1) is 11.3 Å². The largest absolute Gasteiger partial charge is 0.309 e. The molecule has 0 radical (unpaired) electrons. The van der Waals surface area contributed by atoms with Crippen molar-refractivity contribution in [2.75, 3.05) is 18.0 Å². The molecule has 2 rings (SSSR count). The molecule has 5 nitrogen and oxygen atoms in total. The number of amides is 1. The normalized spacial score (nSPS) is 11.5. The number of nitrogens with one attached hydrogen (secondary N) is 1. The first-order valence-corrected chi connectivity index (χ1v) is 9.86. The van der Waals surface area contributed by atoms with Gasteiger partial charge in [-0.2, -0.15) is 0 Å². The highest BCUT2D eigenvalue weighted by molar-refractivity contribution is 7.91. The van der Waals surface area contributed by atoms with Crippen LogP contribution in [0, 0.1) is 11.6 Å². The van der Waals surface area contributed by atoms with Gasteiger partial charge in [0.15, 0.2) is 0 Å². The summed E-state index contributed by atoms with van der Waals surface area (Å²) in [6, 6.07) is 6.13. The fraction of sp³-hybridized carbons (Fsp3) is 0.312. The SMILES string of the molecule is CCc1ccc(S(=O)(=O)NCCN(C(C)=O)c2ccc(F)cc2F)s1. The summed E-state index contributed by atoms with van der Waals surface area (Å²) >= 11 is 1.17. The van der Waals surface area contributed by atoms with E-state index in [1.807, 2.05) is 6.92 Å². The topological polar surface area (TPSA) is 66.5 Å². The van der Waals surface area contributed by atoms with Gasteiger partial charge in [-0.1, -0.05) is 6.92 Å². The van der Waals surface area contributed by atoms with Crippen LogP contribution in [0.1, 0.15) is 18.7 Å². The zero-order chi connectivity index (χ0) is 18.6. The number of rotatable bonds is 7. The first-order chi connectivity index (χ1) is 11.7. The molecule has 0 bridgehead atoms. The van der Waals surface area contributed by atoms with Gasteiger partial charge in [-0.25, -0.2) is 21.9 Å². The van der Waals surface area contributed by atoms with Crippen LogP contribution in [0.25, 0.3) is 0 Å². The predicted molar refractivity (Wildman–Crippen MR) is 93.3 cm³/mol. The minimum Gasteiger partial charge on any atom is -0.309 e. The molecule has 0 aliphatic heterocycles. The van der Waals surface area contributed by atoms with Crippen molar-refractivity contribution in [3.05, 3.63) is 46.8 Å². The fourth-order valence-corrected chi connectivity index (χ4v) is 4.56. The Morgan fingerprint density at radius 3 is 2.52 bits per heavy atom. The van der Waals surface area contributed by atoms with Crippen molar-refractivity contribution < 1.29 is 22.0 Å². The number of carbonyl (C=O) groups is 1. The lowest BCUT2D eigenvalue weighted by Crippen LogP contribution is -2.37. The Hall–Kier alpha value is -1.84. The summed E-state index contributed by atoms with van der Waals surface area (Å²) in [6.07, 6.45) is 0.738. The summed E-state index contributed by atoms with van der Waals surface area (Å²) in [7, 11) is -3.69. The number of hydrogen-bond donors (Lipinski definition) is 1. The first kappa shape index (κ1) is 19.5. The Morgan fingerprint density at radius 2 is 1.96 bits per heavy atom. The highest BCUT2D eigenvalue weighted by Crippen LogP contribution is 2.22. The molecule has 0 aliphatic carbocycles. The number of anilines is 1. The molecule has 1 N–H and O–H groups in total. The second kappa shape index (κ2) is 8.03. The van der Waals surface area contributed by atoms with Crippen molar-refractivity contribution in [2.45, 2.75) is 24.5 Å². The van der Waals surface area contributed by atoms with Crippen LogP contribution >= 0.6 is 11.3 Å². The molecule has 1 amide bonds. The van der Waals surface area contributed by atoms with E-state index in [1.54, 1.807) is 6.07 Å². The third-order valence-electron chi connectivity index (χ3n) is 3.46. The van der Waals surface area contributed by atoms with Gasteiger partial charge in [0.05, 0.1) is 5.69 Å². The number of benzene rings is 1. The number of sulfonamides is 1. The van der Waals surface area contributed by atoms with Crippen molar-refractivity contribution >= 4 is 33.0 Å². The standard InChI is InChI=1S/C16H18F2N2O3S2/c1-3-13-5-7-16(24-13)25(22,23)19-8-9-20(11(2)21)15-6-4-12(17)10-14(15)18/h4-7,10,19H,3,8-9H2,1-2H3. The van der Waals surface area contributed by atoms with Crippen molar-refractivity contribution in [3.8, 4) is 0 Å². The number of nitrogens with zero attached hydrogens (tertiary/aromatic N) is 1. The molecule has 0 aliphatic rings. The zero-order valence-corrected chi connectivity index (χ0v) is 15.4. The van der Waals surface area contributed by atoms with Crippen molar-refractivity contribution in [3.63, 3.8) is 0 Å². The second-order valence-corrected chi connectivity index (χ2v) is 8.40. The van der Waals surface area contributed by atoms with Gasteiger partial charge < -0.3 is 4.90 Å². The van der Waals surface area contributed by atoms with Gasteiger partial charge in [0.1, 0.15) is 15.8 Å². The summed E-state index contributed by atoms with van der Waals surface area (Å²) in [5.74, 6) is -2.12. The van der Waals surface area contributed by atoms with Gasteiger partial charge in [0, 0.05) is 31.0 Å². The van der Waals surface area contributed by atoms with E-state index in [0.717, 1.165) is 28.3 Å². The highest BCUT2D eigenvalue weighted by atomic mass is 32.2. The monoisotopic (exact) mass is 388 g/mol. The van der Waals surface area contributed by atoms with E-state index in [4.69, 9.17) is 0 Å². The molecule has 9 heteroatoms. The summed E-state index contributed by atoms with van der Waals surface area (Å²) < 4.78 is 53.9. The van der Waals surface area contributed by atoms with E-state index in [-0.39, 0.29) is 23.0 Å². The average molecular weight is 388 g/mol. The van der Waals surface area contributed by atoms with Gasteiger partial charge in [-0.05, 0) is 30.7 Å². The van der Waals surface area contributed by atoms with Crippen LogP contribution in [-0.2, 0) is 21.2 Å². The van der Waals surface area contributed by atoms with Gasteiger partial charge >= 0.3 is 0 Å². The highest BCUT2D eigenvalue weighted by Gasteiger charge is 2.19. The lowest BCUT2D eigenvalue weighted by molar-refractivity contribution is -0.116. The third kappa shape index (κ3) is 4.83. The first-order valence-electron chi connectivity index (χ1n) is 7.56. The molecule has 0 spiro atoms. The number of thiophene rings is 1. The van der Waals surface area contributed by atoms with Crippen LogP contribution in [0.2, 0.25) is 0 Å². The Bertz CT molecular complexity index is 866. The quantitative estimate of drug-likeness (QED) is 0.793. The maximum atomic E-state index is 13.9.